The highest BCUT2D eigenvalue weighted by molar-refractivity contribution is 6.31. The Morgan fingerprint density at radius 1 is 0.816 bits per heavy atom. The van der Waals surface area contributed by atoms with Crippen LogP contribution in [-0.4, -0.2) is 14.1 Å². The first kappa shape index (κ1) is 24.1. The SMILES string of the molecule is N#C/C(=C\c1cn(Cc2ccccc2Cl)c2ccccc12)c1nc2ccccc2n1Cc1ccc(Cl)cc1. The van der Waals surface area contributed by atoms with Gasteiger partial charge in [0.1, 0.15) is 6.07 Å². The molecule has 38 heavy (non-hydrogen) atoms. The number of nitrogens with zero attached hydrogens (tertiary/aromatic N) is 4. The second kappa shape index (κ2) is 10.2. The summed E-state index contributed by atoms with van der Waals surface area (Å²) in [5, 5.41) is 12.8. The first-order valence-corrected chi connectivity index (χ1v) is 13.0. The molecule has 4 nitrogen and oxygen atoms in total. The lowest BCUT2D eigenvalue weighted by molar-refractivity contribution is 0.811. The van der Waals surface area contributed by atoms with E-state index in [1.807, 2.05) is 91.0 Å². The predicted molar refractivity (Wildman–Crippen MR) is 156 cm³/mol. The van der Waals surface area contributed by atoms with Gasteiger partial charge in [-0.3, -0.25) is 0 Å². The van der Waals surface area contributed by atoms with Crippen LogP contribution < -0.4 is 0 Å². The Morgan fingerprint density at radius 2 is 1.53 bits per heavy atom. The Hall–Kier alpha value is -4.30. The van der Waals surface area contributed by atoms with Gasteiger partial charge in [-0.1, -0.05) is 83.9 Å². The van der Waals surface area contributed by atoms with Crippen molar-refractivity contribution < 1.29 is 0 Å². The quantitative estimate of drug-likeness (QED) is 0.202. The maximum Gasteiger partial charge on any atom is 0.152 e. The van der Waals surface area contributed by atoms with Crippen LogP contribution in [0.3, 0.4) is 0 Å². The molecule has 0 N–H and O–H groups in total. The fourth-order valence-electron chi connectivity index (χ4n) is 4.85. The van der Waals surface area contributed by atoms with Crippen molar-refractivity contribution in [2.75, 3.05) is 0 Å². The van der Waals surface area contributed by atoms with Crippen molar-refractivity contribution in [2.45, 2.75) is 13.1 Å². The summed E-state index contributed by atoms with van der Waals surface area (Å²) in [6.07, 6.45) is 4.02. The molecule has 184 valence electrons. The van der Waals surface area contributed by atoms with Gasteiger partial charge < -0.3 is 9.13 Å². The van der Waals surface area contributed by atoms with Crippen LogP contribution in [0.2, 0.25) is 10.0 Å². The molecule has 0 radical (unpaired) electrons. The Balaban J connectivity index is 1.47. The predicted octanol–water partition coefficient (Wildman–Crippen LogP) is 8.46. The van der Waals surface area contributed by atoms with Crippen LogP contribution in [0.4, 0.5) is 0 Å². The zero-order valence-corrected chi connectivity index (χ0v) is 21.9. The third-order valence-electron chi connectivity index (χ3n) is 6.69. The van der Waals surface area contributed by atoms with Gasteiger partial charge in [-0.25, -0.2) is 4.98 Å². The van der Waals surface area contributed by atoms with Crippen LogP contribution in [0.1, 0.15) is 22.5 Å². The summed E-state index contributed by atoms with van der Waals surface area (Å²) in [6, 6.07) is 34.2. The van der Waals surface area contributed by atoms with Gasteiger partial charge in [0, 0.05) is 45.8 Å². The van der Waals surface area contributed by atoms with E-state index < -0.39 is 0 Å². The van der Waals surface area contributed by atoms with E-state index in [0.717, 1.165) is 43.6 Å². The van der Waals surface area contributed by atoms with E-state index in [1.54, 1.807) is 0 Å². The summed E-state index contributed by atoms with van der Waals surface area (Å²) in [4.78, 5) is 4.88. The number of rotatable bonds is 6. The van der Waals surface area contributed by atoms with Crippen molar-refractivity contribution in [3.63, 3.8) is 0 Å². The molecule has 0 atom stereocenters. The first-order valence-electron chi connectivity index (χ1n) is 12.2. The fraction of sp³-hybridized carbons (Fsp3) is 0.0625. The number of benzene rings is 4. The Bertz CT molecular complexity index is 1850. The molecular weight excluding hydrogens is 511 g/mol. The van der Waals surface area contributed by atoms with Crippen molar-refractivity contribution in [3.05, 3.63) is 136 Å². The van der Waals surface area contributed by atoms with E-state index >= 15 is 0 Å². The molecule has 0 fully saturated rings. The van der Waals surface area contributed by atoms with Gasteiger partial charge in [0.05, 0.1) is 16.6 Å². The fourth-order valence-corrected chi connectivity index (χ4v) is 5.17. The molecule has 6 aromatic rings. The molecule has 0 bridgehead atoms. The van der Waals surface area contributed by atoms with E-state index in [2.05, 4.69) is 33.5 Å². The summed E-state index contributed by atoms with van der Waals surface area (Å²) in [7, 11) is 0. The zero-order chi connectivity index (χ0) is 26.1. The molecule has 0 saturated heterocycles. The van der Waals surface area contributed by atoms with Crippen molar-refractivity contribution in [1.82, 2.24) is 14.1 Å². The molecule has 0 amide bonds. The number of fused-ring (bicyclic) bond motifs is 2. The van der Waals surface area contributed by atoms with Gasteiger partial charge in [-0.2, -0.15) is 5.26 Å². The van der Waals surface area contributed by atoms with Gasteiger partial charge in [0.25, 0.3) is 0 Å². The smallest absolute Gasteiger partial charge is 0.152 e. The highest BCUT2D eigenvalue weighted by Crippen LogP contribution is 2.29. The molecule has 0 aliphatic rings. The number of nitriles is 1. The summed E-state index contributed by atoms with van der Waals surface area (Å²) >= 11 is 12.6. The molecule has 0 aliphatic carbocycles. The minimum atomic E-state index is 0.496. The monoisotopic (exact) mass is 532 g/mol. The largest absolute Gasteiger partial charge is 0.342 e. The van der Waals surface area contributed by atoms with Gasteiger partial charge in [-0.05, 0) is 53.6 Å². The summed E-state index contributed by atoms with van der Waals surface area (Å²) < 4.78 is 4.27. The second-order valence-corrected chi connectivity index (χ2v) is 9.97. The Labute approximate surface area is 230 Å². The van der Waals surface area contributed by atoms with E-state index in [-0.39, 0.29) is 0 Å². The summed E-state index contributed by atoms with van der Waals surface area (Å²) in [5.74, 6) is 0.631. The average Bonchev–Trinajstić information content (AvgIpc) is 3.48. The molecule has 2 heterocycles. The number of para-hydroxylation sites is 3. The standard InChI is InChI=1S/C32H22Cl2N4/c33-26-15-13-22(14-16-26)19-38-31-12-6-4-10-29(31)36-32(38)24(18-35)17-25-21-37(30-11-5-2-8-27(25)30)20-23-7-1-3-9-28(23)34/h1-17,21H,19-20H2/b24-17+. The number of imidazole rings is 1. The number of aromatic nitrogens is 3. The number of hydrogen-bond acceptors (Lipinski definition) is 2. The molecular formula is C32H22Cl2N4. The van der Waals surface area contributed by atoms with Gasteiger partial charge in [0.15, 0.2) is 5.82 Å². The highest BCUT2D eigenvalue weighted by atomic mass is 35.5. The van der Waals surface area contributed by atoms with Gasteiger partial charge in [0.2, 0.25) is 0 Å². The van der Waals surface area contributed by atoms with Crippen LogP contribution in [-0.2, 0) is 13.1 Å². The Kier molecular flexibility index (Phi) is 6.47. The van der Waals surface area contributed by atoms with E-state index in [4.69, 9.17) is 28.2 Å². The van der Waals surface area contributed by atoms with Gasteiger partial charge in [-0.15, -0.1) is 0 Å². The van der Waals surface area contributed by atoms with Crippen molar-refractivity contribution >= 4 is 56.8 Å². The molecule has 6 rings (SSSR count). The van der Waals surface area contributed by atoms with Crippen molar-refractivity contribution in [1.29, 1.82) is 5.26 Å². The molecule has 4 aromatic carbocycles. The number of halogens is 2. The maximum absolute atomic E-state index is 10.3. The minimum Gasteiger partial charge on any atom is -0.342 e. The van der Waals surface area contributed by atoms with Crippen LogP contribution in [0.25, 0.3) is 33.6 Å². The topological polar surface area (TPSA) is 46.5 Å². The lowest BCUT2D eigenvalue weighted by Gasteiger charge is -2.09. The maximum atomic E-state index is 10.3. The molecule has 0 aliphatic heterocycles. The molecule has 0 saturated carbocycles. The first-order chi connectivity index (χ1) is 18.6. The molecule has 6 heteroatoms. The van der Waals surface area contributed by atoms with Gasteiger partial charge >= 0.3 is 0 Å². The molecule has 0 unspecified atom stereocenters. The van der Waals surface area contributed by atoms with Crippen LogP contribution in [0.5, 0.6) is 0 Å². The molecule has 0 spiro atoms. The molecule has 2 aromatic heterocycles. The van der Waals surface area contributed by atoms with Crippen molar-refractivity contribution in [3.8, 4) is 6.07 Å². The van der Waals surface area contributed by atoms with Crippen LogP contribution in [0.15, 0.2) is 103 Å². The van der Waals surface area contributed by atoms with E-state index in [0.29, 0.717) is 29.5 Å². The lowest BCUT2D eigenvalue weighted by atomic mass is 10.1. The third kappa shape index (κ3) is 4.59. The number of allylic oxidation sites excluding steroid dienone is 1. The second-order valence-electron chi connectivity index (χ2n) is 9.13. The summed E-state index contributed by atoms with van der Waals surface area (Å²) in [6.45, 7) is 1.20. The van der Waals surface area contributed by atoms with Crippen LogP contribution in [0, 0.1) is 11.3 Å². The van der Waals surface area contributed by atoms with Crippen LogP contribution >= 0.6 is 23.2 Å². The lowest BCUT2D eigenvalue weighted by Crippen LogP contribution is -2.04. The zero-order valence-electron chi connectivity index (χ0n) is 20.4. The van der Waals surface area contributed by atoms with E-state index in [1.165, 1.54) is 0 Å². The number of hydrogen-bond donors (Lipinski definition) is 0. The highest BCUT2D eigenvalue weighted by Gasteiger charge is 2.17. The van der Waals surface area contributed by atoms with Crippen molar-refractivity contribution in [2.24, 2.45) is 0 Å². The Morgan fingerprint density at radius 3 is 2.32 bits per heavy atom. The average molecular weight is 533 g/mol. The minimum absolute atomic E-state index is 0.496. The normalized spacial score (nSPS) is 11.8. The van der Waals surface area contributed by atoms with E-state index in [9.17, 15) is 5.26 Å². The summed E-state index contributed by atoms with van der Waals surface area (Å²) in [5.41, 5.74) is 6.46. The third-order valence-corrected chi connectivity index (χ3v) is 7.31.